The molecule has 0 aromatic carbocycles. The second-order valence-corrected chi connectivity index (χ2v) is 4.88. The zero-order valence-electron chi connectivity index (χ0n) is 7.51. The van der Waals surface area contributed by atoms with Gasteiger partial charge in [0.25, 0.3) is 0 Å². The molecule has 1 nitrogen and oxygen atoms in total. The molecule has 1 N–H and O–H groups in total. The Morgan fingerprint density at radius 2 is 2.09 bits per heavy atom. The third-order valence-corrected chi connectivity index (χ3v) is 4.24. The number of hydrogen-bond acceptors (Lipinski definition) is 1. The highest BCUT2D eigenvalue weighted by atomic mass is 16.3. The Morgan fingerprint density at radius 3 is 2.45 bits per heavy atom. The maximum atomic E-state index is 9.12. The molecular weight excluding hydrogens is 136 g/mol. The average molecular weight is 154 g/mol. The number of hydrogen-bond donors (Lipinski definition) is 1. The molecule has 1 heteroatoms. The minimum absolute atomic E-state index is 0.417. The van der Waals surface area contributed by atoms with E-state index in [1.807, 2.05) is 0 Å². The van der Waals surface area contributed by atoms with Crippen molar-refractivity contribution in [1.29, 1.82) is 0 Å². The first-order chi connectivity index (χ1) is 5.16. The van der Waals surface area contributed by atoms with Crippen molar-refractivity contribution < 1.29 is 5.11 Å². The van der Waals surface area contributed by atoms with Crippen LogP contribution in [0.15, 0.2) is 0 Å². The van der Waals surface area contributed by atoms with Crippen LogP contribution >= 0.6 is 0 Å². The molecule has 64 valence electrons. The summed E-state index contributed by atoms with van der Waals surface area (Å²) < 4.78 is 0. The monoisotopic (exact) mass is 154 g/mol. The van der Waals surface area contributed by atoms with Crippen molar-refractivity contribution in [2.45, 2.75) is 33.1 Å². The fourth-order valence-electron chi connectivity index (χ4n) is 3.18. The molecule has 3 rings (SSSR count). The summed E-state index contributed by atoms with van der Waals surface area (Å²) in [6, 6.07) is 0. The van der Waals surface area contributed by atoms with Crippen molar-refractivity contribution in [3.63, 3.8) is 0 Å². The Kier molecular flexibility index (Phi) is 1.54. The van der Waals surface area contributed by atoms with Crippen LogP contribution in [0.2, 0.25) is 0 Å². The van der Waals surface area contributed by atoms with Gasteiger partial charge in [0.05, 0.1) is 0 Å². The van der Waals surface area contributed by atoms with Crippen molar-refractivity contribution in [3.8, 4) is 0 Å². The maximum absolute atomic E-state index is 9.12. The van der Waals surface area contributed by atoms with Gasteiger partial charge in [-0.15, -0.1) is 0 Å². The summed E-state index contributed by atoms with van der Waals surface area (Å²) in [6.45, 7) is 5.15. The van der Waals surface area contributed by atoms with Crippen LogP contribution in [0.1, 0.15) is 33.1 Å². The molecule has 3 atom stereocenters. The molecule has 3 aliphatic rings. The van der Waals surface area contributed by atoms with Crippen molar-refractivity contribution in [3.05, 3.63) is 0 Å². The van der Waals surface area contributed by atoms with Gasteiger partial charge in [0.15, 0.2) is 0 Å². The van der Waals surface area contributed by atoms with E-state index in [4.69, 9.17) is 5.11 Å². The highest BCUT2D eigenvalue weighted by Crippen LogP contribution is 2.61. The number of rotatable bonds is 1. The SMILES string of the molecule is CC1(C)[C@H]2CCC(CO)[C@H]1C2. The molecule has 11 heavy (non-hydrogen) atoms. The topological polar surface area (TPSA) is 20.2 Å². The van der Waals surface area contributed by atoms with Gasteiger partial charge in [-0.05, 0) is 42.4 Å². The zero-order chi connectivity index (χ0) is 8.06. The van der Waals surface area contributed by atoms with Gasteiger partial charge in [-0.1, -0.05) is 13.8 Å². The van der Waals surface area contributed by atoms with E-state index in [1.54, 1.807) is 0 Å². The maximum Gasteiger partial charge on any atom is 0.0462 e. The van der Waals surface area contributed by atoms with Gasteiger partial charge in [-0.2, -0.15) is 0 Å². The minimum Gasteiger partial charge on any atom is -0.396 e. The molecule has 0 saturated heterocycles. The van der Waals surface area contributed by atoms with Gasteiger partial charge in [0.2, 0.25) is 0 Å². The molecule has 3 saturated carbocycles. The summed E-state index contributed by atoms with van der Waals surface area (Å²) in [5.74, 6) is 2.41. The molecule has 0 aromatic rings. The highest BCUT2D eigenvalue weighted by Gasteiger charge is 2.53. The van der Waals surface area contributed by atoms with Gasteiger partial charge in [-0.25, -0.2) is 0 Å². The minimum atomic E-state index is 0.417. The molecule has 0 aliphatic heterocycles. The van der Waals surface area contributed by atoms with Crippen LogP contribution < -0.4 is 0 Å². The Morgan fingerprint density at radius 1 is 1.36 bits per heavy atom. The first kappa shape index (κ1) is 7.60. The van der Waals surface area contributed by atoms with E-state index in [0.717, 1.165) is 11.8 Å². The van der Waals surface area contributed by atoms with Crippen LogP contribution in [0.25, 0.3) is 0 Å². The lowest BCUT2D eigenvalue weighted by molar-refractivity contribution is -0.116. The summed E-state index contributed by atoms with van der Waals surface area (Å²) in [4.78, 5) is 0. The van der Waals surface area contributed by atoms with Crippen LogP contribution in [0.4, 0.5) is 0 Å². The van der Waals surface area contributed by atoms with Crippen molar-refractivity contribution >= 4 is 0 Å². The summed E-state index contributed by atoms with van der Waals surface area (Å²) >= 11 is 0. The first-order valence-corrected chi connectivity index (χ1v) is 4.77. The predicted molar refractivity (Wildman–Crippen MR) is 45.2 cm³/mol. The second kappa shape index (κ2) is 2.22. The van der Waals surface area contributed by atoms with Gasteiger partial charge >= 0.3 is 0 Å². The van der Waals surface area contributed by atoms with Gasteiger partial charge in [0.1, 0.15) is 0 Å². The third-order valence-electron chi connectivity index (χ3n) is 4.24. The summed E-state index contributed by atoms with van der Waals surface area (Å²) in [5.41, 5.74) is 0.547. The van der Waals surface area contributed by atoms with E-state index < -0.39 is 0 Å². The first-order valence-electron chi connectivity index (χ1n) is 4.77. The quantitative estimate of drug-likeness (QED) is 0.613. The Balaban J connectivity index is 2.10. The van der Waals surface area contributed by atoms with Gasteiger partial charge < -0.3 is 5.11 Å². The van der Waals surface area contributed by atoms with Crippen molar-refractivity contribution in [2.24, 2.45) is 23.2 Å². The largest absolute Gasteiger partial charge is 0.396 e. The smallest absolute Gasteiger partial charge is 0.0462 e. The van der Waals surface area contributed by atoms with Crippen molar-refractivity contribution in [2.75, 3.05) is 6.61 Å². The predicted octanol–water partition coefficient (Wildman–Crippen LogP) is 2.05. The summed E-state index contributed by atoms with van der Waals surface area (Å²) in [7, 11) is 0. The highest BCUT2D eigenvalue weighted by molar-refractivity contribution is 5.02. The fraction of sp³-hybridized carbons (Fsp3) is 1.00. The molecule has 0 heterocycles. The molecule has 3 aliphatic carbocycles. The lowest BCUT2D eigenvalue weighted by Gasteiger charge is -2.59. The molecule has 0 spiro atoms. The van der Waals surface area contributed by atoms with Crippen molar-refractivity contribution in [1.82, 2.24) is 0 Å². The third kappa shape index (κ3) is 0.868. The molecule has 2 bridgehead atoms. The molecule has 0 radical (unpaired) electrons. The molecule has 0 amide bonds. The van der Waals surface area contributed by atoms with Gasteiger partial charge in [0, 0.05) is 6.61 Å². The zero-order valence-corrected chi connectivity index (χ0v) is 7.51. The lowest BCUT2D eigenvalue weighted by atomic mass is 9.46. The summed E-state index contributed by atoms with van der Waals surface area (Å²) in [6.07, 6.45) is 4.02. The Labute approximate surface area is 68.8 Å². The van der Waals surface area contributed by atoms with E-state index >= 15 is 0 Å². The van der Waals surface area contributed by atoms with E-state index in [2.05, 4.69) is 13.8 Å². The Bertz CT molecular complexity index is 160. The Hall–Kier alpha value is -0.0400. The molecule has 0 aromatic heterocycles. The van der Waals surface area contributed by atoms with Crippen LogP contribution in [0, 0.1) is 23.2 Å². The van der Waals surface area contributed by atoms with E-state index in [9.17, 15) is 0 Å². The number of fused-ring (bicyclic) bond motifs is 2. The van der Waals surface area contributed by atoms with Crippen LogP contribution in [0.3, 0.4) is 0 Å². The van der Waals surface area contributed by atoms with E-state index in [-0.39, 0.29) is 0 Å². The van der Waals surface area contributed by atoms with E-state index in [0.29, 0.717) is 17.9 Å². The standard InChI is InChI=1S/C10H18O/c1-10(2)8-4-3-7(6-11)9(10)5-8/h7-9,11H,3-6H2,1-2H3/t7?,8-,9+/m0/s1. The second-order valence-electron chi connectivity index (χ2n) is 4.88. The molecular formula is C10H18O. The van der Waals surface area contributed by atoms with Crippen LogP contribution in [0.5, 0.6) is 0 Å². The summed E-state index contributed by atoms with van der Waals surface area (Å²) in [5, 5.41) is 9.12. The average Bonchev–Trinajstić information content (AvgIpc) is 2.04. The number of aliphatic hydroxyl groups excluding tert-OH is 1. The molecule has 1 unspecified atom stereocenters. The van der Waals surface area contributed by atoms with E-state index in [1.165, 1.54) is 19.3 Å². The normalized spacial score (nSPS) is 46.6. The fourth-order valence-corrected chi connectivity index (χ4v) is 3.18. The van der Waals surface area contributed by atoms with Gasteiger partial charge in [-0.3, -0.25) is 0 Å². The van der Waals surface area contributed by atoms with Crippen LogP contribution in [-0.2, 0) is 0 Å². The number of aliphatic hydroxyl groups is 1. The lowest BCUT2D eigenvalue weighted by Crippen LogP contribution is -2.53. The van der Waals surface area contributed by atoms with Crippen LogP contribution in [-0.4, -0.2) is 11.7 Å². The molecule has 3 fully saturated rings.